The zero-order chi connectivity index (χ0) is 33.5. The molecule has 1 atom stereocenters. The molecule has 3 N–H and O–H groups in total. The molecule has 4 heterocycles. The number of H-pyrrole nitrogens is 1. The maximum absolute atomic E-state index is 14.1. The number of anilines is 1. The number of carbonyl (C=O) groups is 1. The molecule has 0 radical (unpaired) electrons. The van der Waals surface area contributed by atoms with Gasteiger partial charge < -0.3 is 15.2 Å². The highest BCUT2D eigenvalue weighted by atomic mass is 32.2. The fourth-order valence-electron chi connectivity index (χ4n) is 7.69. The Morgan fingerprint density at radius 2 is 1.72 bits per heavy atom. The van der Waals surface area contributed by atoms with Crippen LogP contribution in [0.4, 0.5) is 5.69 Å². The van der Waals surface area contributed by atoms with Gasteiger partial charge in [0.2, 0.25) is 15.9 Å². The normalized spacial score (nSPS) is 18.9. The molecule has 4 aromatic rings. The van der Waals surface area contributed by atoms with E-state index in [2.05, 4.69) is 78.8 Å². The molecule has 2 aromatic heterocycles. The lowest BCUT2D eigenvalue weighted by Crippen LogP contribution is -2.55. The van der Waals surface area contributed by atoms with Crippen molar-refractivity contribution in [2.24, 2.45) is 5.92 Å². The summed E-state index contributed by atoms with van der Waals surface area (Å²) in [6, 6.07) is 16.7. The molecule has 2 aromatic carbocycles. The highest BCUT2D eigenvalue weighted by Gasteiger charge is 2.42. The third kappa shape index (κ3) is 7.26. The first-order chi connectivity index (χ1) is 22.3. The van der Waals surface area contributed by atoms with Crippen LogP contribution in [0.25, 0.3) is 22.3 Å². The molecular weight excluding hydrogens is 607 g/mol. The zero-order valence-electron chi connectivity index (χ0n) is 28.6. The van der Waals surface area contributed by atoms with E-state index in [0.717, 1.165) is 78.6 Å². The van der Waals surface area contributed by atoms with Gasteiger partial charge in [-0.15, -0.1) is 0 Å². The Morgan fingerprint density at radius 3 is 2.34 bits per heavy atom. The largest absolute Gasteiger partial charge is 0.339 e. The van der Waals surface area contributed by atoms with E-state index in [9.17, 15) is 13.2 Å². The van der Waals surface area contributed by atoms with E-state index in [1.54, 1.807) is 12.1 Å². The monoisotopic (exact) mass is 655 g/mol. The van der Waals surface area contributed by atoms with Crippen LogP contribution in [0.5, 0.6) is 0 Å². The van der Waals surface area contributed by atoms with Gasteiger partial charge in [0.05, 0.1) is 17.4 Å². The minimum Gasteiger partial charge on any atom is -0.339 e. The Balaban J connectivity index is 1.25. The number of fused-ring (bicyclic) bond motifs is 4. The van der Waals surface area contributed by atoms with Crippen LogP contribution in [-0.4, -0.2) is 61.1 Å². The van der Waals surface area contributed by atoms with E-state index in [4.69, 9.17) is 4.98 Å². The first-order valence-electron chi connectivity index (χ1n) is 17.0. The molecule has 47 heavy (non-hydrogen) atoms. The van der Waals surface area contributed by atoms with Crippen molar-refractivity contribution in [3.05, 3.63) is 82.5 Å². The van der Waals surface area contributed by atoms with E-state index in [0.29, 0.717) is 17.6 Å². The maximum atomic E-state index is 14.1. The van der Waals surface area contributed by atoms with Gasteiger partial charge >= 0.3 is 0 Å². The van der Waals surface area contributed by atoms with Crippen LogP contribution in [-0.2, 0) is 26.7 Å². The minimum atomic E-state index is -3.30. The molecule has 1 amide bonds. The van der Waals surface area contributed by atoms with Crippen molar-refractivity contribution in [3.63, 3.8) is 0 Å². The molecule has 1 aliphatic carbocycles. The highest BCUT2D eigenvalue weighted by molar-refractivity contribution is 7.92. The summed E-state index contributed by atoms with van der Waals surface area (Å²) in [5, 5.41) is 4.73. The number of aromatic nitrogens is 2. The van der Waals surface area contributed by atoms with Gasteiger partial charge in [-0.05, 0) is 131 Å². The molecular formula is C38H49N5O3S. The number of hydrogen-bond donors (Lipinski definition) is 3. The number of hydrogen-bond acceptors (Lipinski definition) is 5. The van der Waals surface area contributed by atoms with Crippen LogP contribution in [0.2, 0.25) is 0 Å². The summed E-state index contributed by atoms with van der Waals surface area (Å²) in [4.78, 5) is 24.9. The summed E-state index contributed by atoms with van der Waals surface area (Å²) >= 11 is 0. The van der Waals surface area contributed by atoms with Gasteiger partial charge in [-0.2, -0.15) is 0 Å². The van der Waals surface area contributed by atoms with Crippen molar-refractivity contribution in [1.29, 1.82) is 0 Å². The van der Waals surface area contributed by atoms with Crippen LogP contribution < -0.4 is 10.0 Å². The van der Waals surface area contributed by atoms with Crippen LogP contribution in [0.3, 0.4) is 0 Å². The number of pyridine rings is 1. The standard InChI is InChI=1S/C38H49N5O3S/c1-24-17-25(2)19-29(18-24)35-34(26(3)21-39-16-15-27-7-11-31(12-8-27)42-47(6,45)46)33-20-30(22-40-36(33)41-35)38(4,5)37(44)43-23-28-9-13-32(43)14-10-28/h7-8,11-12,17-20,22,26,28,32,39,42H,9-10,13-16,21,23H2,1-6H3,(H,40,41). The number of benzene rings is 2. The van der Waals surface area contributed by atoms with Crippen molar-refractivity contribution in [2.45, 2.75) is 84.1 Å². The summed E-state index contributed by atoms with van der Waals surface area (Å²) in [6.07, 6.45) is 8.62. The lowest BCUT2D eigenvalue weighted by atomic mass is 9.76. The quantitative estimate of drug-likeness (QED) is 0.154. The second-order valence-electron chi connectivity index (χ2n) is 14.6. The average Bonchev–Trinajstić information content (AvgIpc) is 3.42. The average molecular weight is 656 g/mol. The Morgan fingerprint density at radius 1 is 1.04 bits per heavy atom. The Kier molecular flexibility index (Phi) is 9.24. The summed E-state index contributed by atoms with van der Waals surface area (Å²) < 4.78 is 25.6. The molecule has 250 valence electrons. The first-order valence-corrected chi connectivity index (χ1v) is 18.9. The molecule has 2 bridgehead atoms. The summed E-state index contributed by atoms with van der Waals surface area (Å²) in [6.45, 7) is 13.1. The number of sulfonamides is 1. The fourth-order valence-corrected chi connectivity index (χ4v) is 8.26. The predicted octanol–water partition coefficient (Wildman–Crippen LogP) is 6.83. The van der Waals surface area contributed by atoms with E-state index in [1.165, 1.54) is 29.5 Å². The van der Waals surface area contributed by atoms with Crippen LogP contribution in [0, 0.1) is 19.8 Å². The smallest absolute Gasteiger partial charge is 0.232 e. The summed E-state index contributed by atoms with van der Waals surface area (Å²) in [7, 11) is -3.30. The van der Waals surface area contributed by atoms with Gasteiger partial charge in [-0.25, -0.2) is 13.4 Å². The van der Waals surface area contributed by atoms with Gasteiger partial charge in [-0.1, -0.05) is 36.2 Å². The third-order valence-electron chi connectivity index (χ3n) is 10.2. The van der Waals surface area contributed by atoms with Gasteiger partial charge in [0.25, 0.3) is 0 Å². The van der Waals surface area contributed by atoms with Gasteiger partial charge in [0, 0.05) is 36.4 Å². The first kappa shape index (κ1) is 33.2. The molecule has 3 fully saturated rings. The topological polar surface area (TPSA) is 107 Å². The van der Waals surface area contributed by atoms with E-state index < -0.39 is 15.4 Å². The maximum Gasteiger partial charge on any atom is 0.232 e. The van der Waals surface area contributed by atoms with Crippen molar-refractivity contribution in [2.75, 3.05) is 30.6 Å². The SMILES string of the molecule is Cc1cc(C)cc(-c2[nH]c3ncc(C(C)(C)C(=O)N4CC5CCC4CC5)cc3c2C(C)CNCCc2ccc(NS(C)(=O)=O)cc2)c1. The van der Waals surface area contributed by atoms with Crippen molar-refractivity contribution in [3.8, 4) is 11.3 Å². The number of aryl methyl sites for hydroxylation is 2. The van der Waals surface area contributed by atoms with Crippen LogP contribution in [0.1, 0.15) is 80.2 Å². The fraction of sp³-hybridized carbons (Fsp3) is 0.474. The number of aromatic amines is 1. The summed E-state index contributed by atoms with van der Waals surface area (Å²) in [5.41, 5.74) is 8.68. The highest BCUT2D eigenvalue weighted by Crippen LogP contribution is 2.40. The zero-order valence-corrected chi connectivity index (χ0v) is 29.4. The summed E-state index contributed by atoms with van der Waals surface area (Å²) in [5.74, 6) is 1.02. The second kappa shape index (κ2) is 13.1. The van der Waals surface area contributed by atoms with Gasteiger partial charge in [-0.3, -0.25) is 9.52 Å². The van der Waals surface area contributed by atoms with Crippen molar-refractivity contribution >= 4 is 32.7 Å². The third-order valence-corrected chi connectivity index (χ3v) is 10.8. The number of amides is 1. The second-order valence-corrected chi connectivity index (χ2v) is 16.3. The van der Waals surface area contributed by atoms with Crippen LogP contribution in [0.15, 0.2) is 54.7 Å². The van der Waals surface area contributed by atoms with Crippen molar-refractivity contribution in [1.82, 2.24) is 20.2 Å². The number of nitrogens with one attached hydrogen (secondary N) is 3. The molecule has 0 spiro atoms. The Bertz CT molecular complexity index is 1850. The lowest BCUT2D eigenvalue weighted by molar-refractivity contribution is -0.144. The van der Waals surface area contributed by atoms with Gasteiger partial charge in [0.15, 0.2) is 0 Å². The molecule has 1 unspecified atom stereocenters. The lowest BCUT2D eigenvalue weighted by Gasteiger charge is -2.47. The minimum absolute atomic E-state index is 0.162. The molecule has 8 nitrogen and oxygen atoms in total. The number of carbonyl (C=O) groups excluding carboxylic acids is 1. The Labute approximate surface area is 279 Å². The number of rotatable bonds is 11. The molecule has 1 saturated carbocycles. The Hall–Kier alpha value is -3.69. The van der Waals surface area contributed by atoms with Crippen LogP contribution >= 0.6 is 0 Å². The van der Waals surface area contributed by atoms with E-state index >= 15 is 0 Å². The molecule has 7 rings (SSSR count). The van der Waals surface area contributed by atoms with Gasteiger partial charge in [0.1, 0.15) is 5.65 Å². The number of nitrogens with zero attached hydrogens (tertiary/aromatic N) is 2. The molecule has 2 saturated heterocycles. The van der Waals surface area contributed by atoms with E-state index in [-0.39, 0.29) is 11.8 Å². The molecule has 9 heteroatoms. The number of piperidine rings is 2. The van der Waals surface area contributed by atoms with E-state index in [1.807, 2.05) is 18.3 Å². The van der Waals surface area contributed by atoms with Crippen molar-refractivity contribution < 1.29 is 13.2 Å². The molecule has 3 aliphatic rings. The molecule has 2 aliphatic heterocycles. The predicted molar refractivity (Wildman–Crippen MR) is 191 cm³/mol.